The maximum absolute atomic E-state index is 11.6. The first-order valence-electron chi connectivity index (χ1n) is 5.55. The van der Waals surface area contributed by atoms with Crippen molar-refractivity contribution in [1.29, 1.82) is 0 Å². The molecule has 0 radical (unpaired) electrons. The van der Waals surface area contributed by atoms with Gasteiger partial charge in [-0.25, -0.2) is 9.78 Å². The molecule has 0 bridgehead atoms. The van der Waals surface area contributed by atoms with Gasteiger partial charge in [0.05, 0.1) is 12.1 Å². The van der Waals surface area contributed by atoms with Gasteiger partial charge in [0.1, 0.15) is 5.00 Å². The van der Waals surface area contributed by atoms with Gasteiger partial charge in [0, 0.05) is 19.8 Å². The number of rotatable bonds is 7. The fourth-order valence-corrected chi connectivity index (χ4v) is 2.06. The number of thiazole rings is 1. The number of nitrogens with one attached hydrogen (secondary N) is 1. The molecule has 1 heterocycles. The zero-order chi connectivity index (χ0) is 12.7. The lowest BCUT2D eigenvalue weighted by molar-refractivity contribution is 0.0521. The molecule has 0 saturated heterocycles. The van der Waals surface area contributed by atoms with Crippen molar-refractivity contribution in [3.8, 4) is 0 Å². The first-order chi connectivity index (χ1) is 8.19. The van der Waals surface area contributed by atoms with E-state index >= 15 is 0 Å². The quantitative estimate of drug-likeness (QED) is 0.759. The summed E-state index contributed by atoms with van der Waals surface area (Å²) in [6, 6.07) is 0.226. The minimum Gasteiger partial charge on any atom is -0.461 e. The van der Waals surface area contributed by atoms with Crippen molar-refractivity contribution in [1.82, 2.24) is 4.98 Å². The van der Waals surface area contributed by atoms with Crippen LogP contribution >= 0.6 is 11.3 Å². The first-order valence-corrected chi connectivity index (χ1v) is 6.43. The summed E-state index contributed by atoms with van der Waals surface area (Å²) in [5.41, 5.74) is 2.00. The first kappa shape index (κ1) is 13.9. The Labute approximate surface area is 105 Å². The second-order valence-corrected chi connectivity index (χ2v) is 4.43. The summed E-state index contributed by atoms with van der Waals surface area (Å²) in [7, 11) is 1.67. The Morgan fingerprint density at radius 2 is 2.41 bits per heavy atom. The molecule has 0 spiro atoms. The summed E-state index contributed by atoms with van der Waals surface area (Å²) < 4.78 is 9.93. The third-order valence-corrected chi connectivity index (χ3v) is 2.93. The van der Waals surface area contributed by atoms with Crippen LogP contribution in [0, 0.1) is 0 Å². The van der Waals surface area contributed by atoms with E-state index in [0.29, 0.717) is 18.9 Å². The molecule has 1 N–H and O–H groups in total. The van der Waals surface area contributed by atoms with Crippen LogP contribution in [-0.4, -0.2) is 37.3 Å². The molecule has 1 rings (SSSR count). The number of nitrogens with zero attached hydrogens (tertiary/aromatic N) is 1. The molecular formula is C11H18N2O3S. The second kappa shape index (κ2) is 7.24. The Hall–Kier alpha value is -1.14. The van der Waals surface area contributed by atoms with E-state index in [4.69, 9.17) is 9.47 Å². The van der Waals surface area contributed by atoms with E-state index in [1.165, 1.54) is 11.3 Å². The minimum absolute atomic E-state index is 0.226. The molecule has 17 heavy (non-hydrogen) atoms. The predicted octanol–water partition coefficient (Wildman–Crippen LogP) is 2.16. The Balaban J connectivity index is 2.59. The van der Waals surface area contributed by atoms with Gasteiger partial charge in [0.15, 0.2) is 5.69 Å². The highest BCUT2D eigenvalue weighted by atomic mass is 32.1. The van der Waals surface area contributed by atoms with Crippen molar-refractivity contribution in [2.24, 2.45) is 0 Å². The van der Waals surface area contributed by atoms with Crippen LogP contribution in [0.25, 0.3) is 0 Å². The molecule has 0 amide bonds. The number of anilines is 1. The summed E-state index contributed by atoms with van der Waals surface area (Å²) in [5, 5.41) is 4.00. The molecule has 0 fully saturated rings. The molecule has 0 aliphatic rings. The van der Waals surface area contributed by atoms with E-state index in [1.54, 1.807) is 19.5 Å². The van der Waals surface area contributed by atoms with Gasteiger partial charge in [-0.1, -0.05) is 0 Å². The zero-order valence-electron chi connectivity index (χ0n) is 10.4. The van der Waals surface area contributed by atoms with Crippen LogP contribution < -0.4 is 5.32 Å². The molecule has 0 aliphatic heterocycles. The molecule has 1 atom stereocenters. The van der Waals surface area contributed by atoms with Gasteiger partial charge in [0.25, 0.3) is 0 Å². The van der Waals surface area contributed by atoms with Gasteiger partial charge in [-0.2, -0.15) is 0 Å². The van der Waals surface area contributed by atoms with E-state index in [-0.39, 0.29) is 12.0 Å². The number of esters is 1. The third kappa shape index (κ3) is 4.32. The number of hydrogen-bond acceptors (Lipinski definition) is 6. The number of carbonyl (C=O) groups excluding carboxylic acids is 1. The van der Waals surface area contributed by atoms with Gasteiger partial charge in [0.2, 0.25) is 0 Å². The fraction of sp³-hybridized carbons (Fsp3) is 0.636. The monoisotopic (exact) mass is 258 g/mol. The van der Waals surface area contributed by atoms with Crippen molar-refractivity contribution >= 4 is 22.3 Å². The van der Waals surface area contributed by atoms with Gasteiger partial charge < -0.3 is 14.8 Å². The number of methoxy groups -OCH3 is 1. The summed E-state index contributed by atoms with van der Waals surface area (Å²) in [6.07, 6.45) is 0.872. The molecule has 1 unspecified atom stereocenters. The maximum atomic E-state index is 11.6. The molecule has 1 aromatic heterocycles. The maximum Gasteiger partial charge on any atom is 0.360 e. The van der Waals surface area contributed by atoms with E-state index in [2.05, 4.69) is 10.3 Å². The Bertz CT molecular complexity index is 354. The number of carbonyl (C=O) groups is 1. The van der Waals surface area contributed by atoms with Crippen molar-refractivity contribution < 1.29 is 14.3 Å². The standard InChI is InChI=1S/C11H18N2O3S/c1-4-16-11(14)9-10(17-7-12-9)13-8(2)5-6-15-3/h7-8,13H,4-6H2,1-3H3. The van der Waals surface area contributed by atoms with Crippen LogP contribution in [0.4, 0.5) is 5.00 Å². The van der Waals surface area contributed by atoms with Crippen LogP contribution in [0.5, 0.6) is 0 Å². The molecule has 6 heteroatoms. The number of hydrogen-bond donors (Lipinski definition) is 1. The highest BCUT2D eigenvalue weighted by Gasteiger charge is 2.17. The number of ether oxygens (including phenoxy) is 2. The molecule has 0 saturated carbocycles. The summed E-state index contributed by atoms with van der Waals surface area (Å²) in [5.74, 6) is -0.379. The lowest BCUT2D eigenvalue weighted by Crippen LogP contribution is -2.18. The van der Waals surface area contributed by atoms with Crippen LogP contribution in [0.15, 0.2) is 5.51 Å². The Morgan fingerprint density at radius 3 is 3.06 bits per heavy atom. The lowest BCUT2D eigenvalue weighted by Gasteiger charge is -2.13. The number of aromatic nitrogens is 1. The highest BCUT2D eigenvalue weighted by molar-refractivity contribution is 7.14. The van der Waals surface area contributed by atoms with Crippen LogP contribution in [0.2, 0.25) is 0 Å². The van der Waals surface area contributed by atoms with Gasteiger partial charge in [-0.05, 0) is 20.3 Å². The van der Waals surface area contributed by atoms with Gasteiger partial charge in [-0.3, -0.25) is 0 Å². The zero-order valence-corrected chi connectivity index (χ0v) is 11.2. The largest absolute Gasteiger partial charge is 0.461 e. The lowest BCUT2D eigenvalue weighted by atomic mass is 10.2. The SMILES string of the molecule is CCOC(=O)c1ncsc1NC(C)CCOC. The van der Waals surface area contributed by atoms with E-state index in [9.17, 15) is 4.79 Å². The van der Waals surface area contributed by atoms with Crippen molar-refractivity contribution in [2.75, 3.05) is 25.6 Å². The molecule has 5 nitrogen and oxygen atoms in total. The topological polar surface area (TPSA) is 60.5 Å². The average Bonchev–Trinajstić information content (AvgIpc) is 2.75. The van der Waals surface area contributed by atoms with Crippen LogP contribution in [0.1, 0.15) is 30.8 Å². The molecule has 1 aromatic rings. The Morgan fingerprint density at radius 1 is 1.65 bits per heavy atom. The molecule has 0 aliphatic carbocycles. The van der Waals surface area contributed by atoms with Crippen molar-refractivity contribution in [3.05, 3.63) is 11.2 Å². The molecular weight excluding hydrogens is 240 g/mol. The molecule has 96 valence electrons. The minimum atomic E-state index is -0.379. The van der Waals surface area contributed by atoms with E-state index < -0.39 is 0 Å². The van der Waals surface area contributed by atoms with Crippen LogP contribution in [0.3, 0.4) is 0 Å². The van der Waals surface area contributed by atoms with Gasteiger partial charge >= 0.3 is 5.97 Å². The second-order valence-electron chi connectivity index (χ2n) is 3.58. The Kier molecular flexibility index (Phi) is 5.93. The van der Waals surface area contributed by atoms with Crippen LogP contribution in [-0.2, 0) is 9.47 Å². The molecule has 0 aromatic carbocycles. The van der Waals surface area contributed by atoms with E-state index in [1.807, 2.05) is 6.92 Å². The summed E-state index contributed by atoms with van der Waals surface area (Å²) >= 11 is 1.40. The highest BCUT2D eigenvalue weighted by Crippen LogP contribution is 2.22. The predicted molar refractivity (Wildman–Crippen MR) is 67.6 cm³/mol. The smallest absolute Gasteiger partial charge is 0.360 e. The normalized spacial score (nSPS) is 12.2. The van der Waals surface area contributed by atoms with E-state index in [0.717, 1.165) is 11.4 Å². The van der Waals surface area contributed by atoms with Crippen molar-refractivity contribution in [2.45, 2.75) is 26.3 Å². The van der Waals surface area contributed by atoms with Gasteiger partial charge in [-0.15, -0.1) is 11.3 Å². The average molecular weight is 258 g/mol. The summed E-state index contributed by atoms with van der Waals surface area (Å²) in [6.45, 7) is 4.85. The van der Waals surface area contributed by atoms with Crippen molar-refractivity contribution in [3.63, 3.8) is 0 Å². The third-order valence-electron chi connectivity index (χ3n) is 2.17. The fourth-order valence-electron chi connectivity index (χ4n) is 1.28. The summed E-state index contributed by atoms with van der Waals surface area (Å²) in [4.78, 5) is 15.6.